The molecule has 1 saturated heterocycles. The minimum Gasteiger partial charge on any atom is -0.484 e. The van der Waals surface area contributed by atoms with Crippen LogP contribution in [0.5, 0.6) is 5.75 Å². The van der Waals surface area contributed by atoms with Crippen molar-refractivity contribution < 1.29 is 32.0 Å². The number of amides is 1. The maximum Gasteiger partial charge on any atom is 0.498 e. The molecule has 0 spiro atoms. The van der Waals surface area contributed by atoms with Crippen LogP contribution in [0.2, 0.25) is 0 Å². The monoisotopic (exact) mass is 373 g/mol. The molecule has 1 aromatic carbocycles. The van der Waals surface area contributed by atoms with E-state index in [2.05, 4.69) is 0 Å². The van der Waals surface area contributed by atoms with Gasteiger partial charge in [0.15, 0.2) is 6.61 Å². The summed E-state index contributed by atoms with van der Waals surface area (Å²) in [4.78, 5) is 13.5. The third kappa shape index (κ3) is 4.32. The van der Waals surface area contributed by atoms with Crippen molar-refractivity contribution in [2.24, 2.45) is 0 Å². The molecule has 1 aromatic rings. The Morgan fingerprint density at radius 2 is 1.69 bits per heavy atom. The Labute approximate surface area is 151 Å². The molecule has 26 heavy (non-hydrogen) atoms. The minimum absolute atomic E-state index is 0.0893. The molecular formula is C17H23BF3NO4. The van der Waals surface area contributed by atoms with Crippen LogP contribution in [0.25, 0.3) is 0 Å². The second-order valence-corrected chi connectivity index (χ2v) is 7.44. The average Bonchev–Trinajstić information content (AvgIpc) is 2.71. The highest BCUT2D eigenvalue weighted by molar-refractivity contribution is 6.63. The van der Waals surface area contributed by atoms with Crippen molar-refractivity contribution in [2.45, 2.75) is 45.1 Å². The molecule has 0 saturated carbocycles. The van der Waals surface area contributed by atoms with Gasteiger partial charge in [-0.15, -0.1) is 0 Å². The Kier molecular flexibility index (Phi) is 5.36. The number of hydrogen-bond donors (Lipinski definition) is 0. The molecule has 0 unspecified atom stereocenters. The maximum absolute atomic E-state index is 12.6. The van der Waals surface area contributed by atoms with Crippen LogP contribution >= 0.6 is 0 Å². The summed E-state index contributed by atoms with van der Waals surface area (Å²) in [6.07, 6.45) is -4.51. The van der Waals surface area contributed by atoms with Crippen molar-refractivity contribution in [2.75, 3.05) is 20.7 Å². The summed E-state index contributed by atoms with van der Waals surface area (Å²) in [7, 11) is 2.22. The highest BCUT2D eigenvalue weighted by atomic mass is 19.4. The van der Waals surface area contributed by atoms with E-state index in [9.17, 15) is 18.0 Å². The molecule has 0 atom stereocenters. The van der Waals surface area contributed by atoms with Crippen molar-refractivity contribution in [1.29, 1.82) is 0 Å². The number of ether oxygens (including phenoxy) is 1. The van der Waals surface area contributed by atoms with Gasteiger partial charge >= 0.3 is 13.3 Å². The molecule has 0 N–H and O–H groups in total. The lowest BCUT2D eigenvalue weighted by atomic mass is 9.78. The van der Waals surface area contributed by atoms with Crippen LogP contribution < -0.4 is 10.2 Å². The van der Waals surface area contributed by atoms with Crippen LogP contribution in [-0.2, 0) is 9.31 Å². The molecule has 9 heteroatoms. The number of halogens is 3. The van der Waals surface area contributed by atoms with Crippen LogP contribution in [0.4, 0.5) is 13.2 Å². The van der Waals surface area contributed by atoms with Gasteiger partial charge in [-0.25, -0.2) is 0 Å². The predicted octanol–water partition coefficient (Wildman–Crippen LogP) is 2.63. The van der Waals surface area contributed by atoms with Gasteiger partial charge in [0.2, 0.25) is 0 Å². The summed E-state index contributed by atoms with van der Waals surface area (Å²) < 4.78 is 54.6. The normalized spacial score (nSPS) is 18.7. The highest BCUT2D eigenvalue weighted by Gasteiger charge is 2.52. The third-order valence-electron chi connectivity index (χ3n) is 4.57. The van der Waals surface area contributed by atoms with E-state index in [0.717, 1.165) is 0 Å². The molecule has 1 amide bonds. The van der Waals surface area contributed by atoms with Crippen molar-refractivity contribution >= 4 is 18.5 Å². The molecule has 0 bridgehead atoms. The SMILES string of the molecule is CN(C)C(=O)c1ccc(B2OC(C)(C)C(C)(C)O2)c(OCC(F)(F)F)c1. The number of benzene rings is 1. The van der Waals surface area contributed by atoms with Gasteiger partial charge in [0.05, 0.1) is 11.2 Å². The number of rotatable bonds is 4. The van der Waals surface area contributed by atoms with Gasteiger partial charge in [0, 0.05) is 25.1 Å². The fourth-order valence-electron chi connectivity index (χ4n) is 2.37. The summed E-state index contributed by atoms with van der Waals surface area (Å²) in [5.41, 5.74) is -0.788. The molecule has 1 fully saturated rings. The van der Waals surface area contributed by atoms with Crippen LogP contribution in [0.15, 0.2) is 18.2 Å². The molecule has 144 valence electrons. The summed E-state index contributed by atoms with van der Waals surface area (Å²) in [6, 6.07) is 4.31. The molecule has 1 aliphatic rings. The van der Waals surface area contributed by atoms with Gasteiger partial charge in [-0.2, -0.15) is 13.2 Å². The number of carbonyl (C=O) groups excluding carboxylic acids is 1. The smallest absolute Gasteiger partial charge is 0.484 e. The van der Waals surface area contributed by atoms with E-state index < -0.39 is 31.1 Å². The van der Waals surface area contributed by atoms with Crippen LogP contribution in [0.1, 0.15) is 38.1 Å². The number of alkyl halides is 3. The lowest BCUT2D eigenvalue weighted by molar-refractivity contribution is -0.153. The lowest BCUT2D eigenvalue weighted by Crippen LogP contribution is -2.41. The van der Waals surface area contributed by atoms with E-state index in [-0.39, 0.29) is 17.2 Å². The molecule has 2 rings (SSSR count). The lowest BCUT2D eigenvalue weighted by Gasteiger charge is -2.32. The van der Waals surface area contributed by atoms with E-state index in [4.69, 9.17) is 14.0 Å². The molecule has 0 aromatic heterocycles. The maximum atomic E-state index is 12.6. The summed E-state index contributed by atoms with van der Waals surface area (Å²) >= 11 is 0. The first-order valence-electron chi connectivity index (χ1n) is 8.14. The molecule has 0 aliphatic carbocycles. The Morgan fingerprint density at radius 1 is 1.15 bits per heavy atom. The van der Waals surface area contributed by atoms with Gasteiger partial charge in [-0.3, -0.25) is 4.79 Å². The first kappa shape index (κ1) is 20.6. The Hall–Kier alpha value is -1.74. The Bertz CT molecular complexity index is 673. The van der Waals surface area contributed by atoms with Gasteiger partial charge in [-0.1, -0.05) is 6.07 Å². The first-order chi connectivity index (χ1) is 11.7. The van der Waals surface area contributed by atoms with E-state index >= 15 is 0 Å². The van der Waals surface area contributed by atoms with Crippen LogP contribution in [0.3, 0.4) is 0 Å². The highest BCUT2D eigenvalue weighted by Crippen LogP contribution is 2.37. The second kappa shape index (κ2) is 6.77. The van der Waals surface area contributed by atoms with E-state index in [1.54, 1.807) is 14.1 Å². The third-order valence-corrected chi connectivity index (χ3v) is 4.57. The number of carbonyl (C=O) groups is 1. The Morgan fingerprint density at radius 3 is 2.15 bits per heavy atom. The molecule has 1 heterocycles. The van der Waals surface area contributed by atoms with Crippen molar-refractivity contribution in [3.05, 3.63) is 23.8 Å². The molecule has 0 radical (unpaired) electrons. The largest absolute Gasteiger partial charge is 0.498 e. The van der Waals surface area contributed by atoms with E-state index in [0.29, 0.717) is 5.46 Å². The second-order valence-electron chi connectivity index (χ2n) is 7.44. The van der Waals surface area contributed by atoms with Crippen molar-refractivity contribution in [3.63, 3.8) is 0 Å². The molecule has 1 aliphatic heterocycles. The van der Waals surface area contributed by atoms with Gasteiger partial charge in [-0.05, 0) is 39.8 Å². The van der Waals surface area contributed by atoms with Crippen LogP contribution in [-0.4, -0.2) is 56.0 Å². The van der Waals surface area contributed by atoms with Crippen molar-refractivity contribution in [3.8, 4) is 5.75 Å². The van der Waals surface area contributed by atoms with Gasteiger partial charge in [0.25, 0.3) is 5.91 Å². The topological polar surface area (TPSA) is 48.0 Å². The van der Waals surface area contributed by atoms with Crippen LogP contribution in [0, 0.1) is 0 Å². The molecular weight excluding hydrogens is 350 g/mol. The van der Waals surface area contributed by atoms with E-state index in [1.807, 2.05) is 27.7 Å². The average molecular weight is 373 g/mol. The zero-order valence-electron chi connectivity index (χ0n) is 15.7. The molecule has 5 nitrogen and oxygen atoms in total. The fraction of sp³-hybridized carbons (Fsp3) is 0.588. The predicted molar refractivity (Wildman–Crippen MR) is 91.7 cm³/mol. The van der Waals surface area contributed by atoms with Gasteiger partial charge in [0.1, 0.15) is 5.75 Å². The quantitative estimate of drug-likeness (QED) is 0.762. The zero-order chi connectivity index (χ0) is 19.9. The first-order valence-corrected chi connectivity index (χ1v) is 8.14. The summed E-state index contributed by atoms with van der Waals surface area (Å²) in [5, 5.41) is 0. The Balaban J connectivity index is 2.40. The number of hydrogen-bond acceptors (Lipinski definition) is 4. The fourth-order valence-corrected chi connectivity index (χ4v) is 2.37. The summed E-state index contributed by atoms with van der Waals surface area (Å²) in [6.45, 7) is 5.89. The van der Waals surface area contributed by atoms with E-state index in [1.165, 1.54) is 23.1 Å². The van der Waals surface area contributed by atoms with Crippen molar-refractivity contribution in [1.82, 2.24) is 4.90 Å². The minimum atomic E-state index is -4.51. The number of nitrogens with zero attached hydrogens (tertiary/aromatic N) is 1. The zero-order valence-corrected chi connectivity index (χ0v) is 15.7. The van der Waals surface area contributed by atoms with Gasteiger partial charge < -0.3 is 18.9 Å². The summed E-state index contributed by atoms with van der Waals surface area (Å²) in [5.74, 6) is -0.434. The standard InChI is InChI=1S/C17H23BF3NO4/c1-15(2)16(3,4)26-18(25-15)12-8-7-11(14(23)22(5)6)9-13(12)24-10-17(19,20)21/h7-9H,10H2,1-6H3.